The fraction of sp³-hybridized carbons (Fsp3) is 0.500. The van der Waals surface area contributed by atoms with E-state index in [9.17, 15) is 4.79 Å². The zero-order chi connectivity index (χ0) is 13.2. The molecule has 1 amide bonds. The molecule has 4 nitrogen and oxygen atoms in total. The van der Waals surface area contributed by atoms with E-state index in [1.807, 2.05) is 0 Å². The number of unbranched alkanes of at least 4 members (excludes halogenated alkanes) is 3. The van der Waals surface area contributed by atoms with E-state index in [2.05, 4.69) is 12.2 Å². The van der Waals surface area contributed by atoms with Crippen molar-refractivity contribution >= 4 is 6.09 Å². The molecule has 0 fully saturated rings. The van der Waals surface area contributed by atoms with Crippen molar-refractivity contribution in [3.63, 3.8) is 0 Å². The fourth-order valence-corrected chi connectivity index (χ4v) is 1.48. The molecule has 0 aliphatic rings. The number of amides is 1. The smallest absolute Gasteiger partial charge is 0.412 e. The minimum absolute atomic E-state index is 0.469. The predicted octanol–water partition coefficient (Wildman–Crippen LogP) is 3.36. The van der Waals surface area contributed by atoms with Gasteiger partial charge in [-0.25, -0.2) is 4.79 Å². The number of rotatable bonds is 7. The SMILES string of the molecule is CCCCCCOc1ccc(OC(=O)NC)cc1. The van der Waals surface area contributed by atoms with Crippen LogP contribution in [0.2, 0.25) is 0 Å². The number of ether oxygens (including phenoxy) is 2. The average molecular weight is 251 g/mol. The highest BCUT2D eigenvalue weighted by Crippen LogP contribution is 2.18. The Bertz CT molecular complexity index is 349. The van der Waals surface area contributed by atoms with Crippen LogP contribution < -0.4 is 14.8 Å². The second-order valence-electron chi connectivity index (χ2n) is 4.02. The number of hydrogen-bond acceptors (Lipinski definition) is 3. The maximum Gasteiger partial charge on any atom is 0.412 e. The highest BCUT2D eigenvalue weighted by atomic mass is 16.6. The molecule has 4 heteroatoms. The lowest BCUT2D eigenvalue weighted by Crippen LogP contribution is -2.21. The minimum Gasteiger partial charge on any atom is -0.494 e. The Morgan fingerprint density at radius 1 is 1.11 bits per heavy atom. The van der Waals surface area contributed by atoms with Gasteiger partial charge in [0.2, 0.25) is 0 Å². The highest BCUT2D eigenvalue weighted by Gasteiger charge is 2.01. The number of benzene rings is 1. The Labute approximate surface area is 108 Å². The fourth-order valence-electron chi connectivity index (χ4n) is 1.48. The van der Waals surface area contributed by atoms with E-state index in [0.29, 0.717) is 5.75 Å². The molecular weight excluding hydrogens is 230 g/mol. The van der Waals surface area contributed by atoms with E-state index >= 15 is 0 Å². The van der Waals surface area contributed by atoms with E-state index < -0.39 is 6.09 Å². The molecule has 1 aromatic carbocycles. The van der Waals surface area contributed by atoms with Gasteiger partial charge in [-0.05, 0) is 30.7 Å². The molecule has 0 heterocycles. The van der Waals surface area contributed by atoms with Crippen LogP contribution in [-0.4, -0.2) is 19.7 Å². The average Bonchev–Trinajstić information content (AvgIpc) is 2.40. The Hall–Kier alpha value is -1.71. The normalized spacial score (nSPS) is 9.89. The number of carbonyl (C=O) groups excluding carboxylic acids is 1. The molecule has 0 atom stereocenters. The van der Waals surface area contributed by atoms with Crippen molar-refractivity contribution in [1.29, 1.82) is 0 Å². The molecule has 1 rings (SSSR count). The van der Waals surface area contributed by atoms with Crippen molar-refractivity contribution in [3.8, 4) is 11.5 Å². The first-order valence-electron chi connectivity index (χ1n) is 6.38. The third kappa shape index (κ3) is 5.57. The van der Waals surface area contributed by atoms with Crippen molar-refractivity contribution < 1.29 is 14.3 Å². The number of carbonyl (C=O) groups is 1. The van der Waals surface area contributed by atoms with Crippen LogP contribution in [0.15, 0.2) is 24.3 Å². The zero-order valence-electron chi connectivity index (χ0n) is 11.1. The van der Waals surface area contributed by atoms with Crippen molar-refractivity contribution in [2.24, 2.45) is 0 Å². The highest BCUT2D eigenvalue weighted by molar-refractivity contribution is 5.69. The molecule has 0 aliphatic heterocycles. The van der Waals surface area contributed by atoms with Crippen LogP contribution in [0.1, 0.15) is 32.6 Å². The second kappa shape index (κ2) is 8.39. The van der Waals surface area contributed by atoms with Crippen LogP contribution in [0.5, 0.6) is 11.5 Å². The first-order valence-corrected chi connectivity index (χ1v) is 6.38. The van der Waals surface area contributed by atoms with Gasteiger partial charge in [-0.2, -0.15) is 0 Å². The Kier molecular flexibility index (Phi) is 6.69. The molecule has 0 aromatic heterocycles. The molecule has 0 unspecified atom stereocenters. The molecule has 0 bridgehead atoms. The summed E-state index contributed by atoms with van der Waals surface area (Å²) in [5.74, 6) is 1.31. The van der Waals surface area contributed by atoms with E-state index in [0.717, 1.165) is 18.8 Å². The van der Waals surface area contributed by atoms with E-state index in [1.54, 1.807) is 24.3 Å². The van der Waals surface area contributed by atoms with Crippen LogP contribution in [0, 0.1) is 0 Å². The predicted molar refractivity (Wildman–Crippen MR) is 71.2 cm³/mol. The molecule has 18 heavy (non-hydrogen) atoms. The summed E-state index contributed by atoms with van der Waals surface area (Å²) in [6, 6.07) is 7.05. The Morgan fingerprint density at radius 2 is 1.78 bits per heavy atom. The zero-order valence-corrected chi connectivity index (χ0v) is 11.1. The largest absolute Gasteiger partial charge is 0.494 e. The van der Waals surface area contributed by atoms with Crippen LogP contribution in [0.3, 0.4) is 0 Å². The maximum absolute atomic E-state index is 11.0. The van der Waals surface area contributed by atoms with Gasteiger partial charge in [0.15, 0.2) is 0 Å². The van der Waals surface area contributed by atoms with Crippen LogP contribution in [-0.2, 0) is 0 Å². The number of hydrogen-bond donors (Lipinski definition) is 1. The molecule has 0 saturated carbocycles. The summed E-state index contributed by atoms with van der Waals surface area (Å²) < 4.78 is 10.6. The summed E-state index contributed by atoms with van der Waals surface area (Å²) in [4.78, 5) is 11.0. The first-order chi connectivity index (χ1) is 8.76. The number of nitrogens with one attached hydrogen (secondary N) is 1. The molecule has 1 N–H and O–H groups in total. The quantitative estimate of drug-likeness (QED) is 0.756. The van der Waals surface area contributed by atoms with Crippen molar-refractivity contribution in [2.75, 3.05) is 13.7 Å². The third-order valence-corrected chi connectivity index (χ3v) is 2.51. The molecule has 1 aromatic rings. The van der Waals surface area contributed by atoms with Crippen molar-refractivity contribution in [2.45, 2.75) is 32.6 Å². The van der Waals surface area contributed by atoms with Crippen molar-refractivity contribution in [3.05, 3.63) is 24.3 Å². The molecule has 0 radical (unpaired) electrons. The lowest BCUT2D eigenvalue weighted by molar-refractivity contribution is 0.203. The summed E-state index contributed by atoms with van der Waals surface area (Å²) in [6.07, 6.45) is 4.29. The Balaban J connectivity index is 2.29. The van der Waals surface area contributed by atoms with Gasteiger partial charge in [-0.3, -0.25) is 0 Å². The van der Waals surface area contributed by atoms with E-state index in [4.69, 9.17) is 9.47 Å². The van der Waals surface area contributed by atoms with Gasteiger partial charge < -0.3 is 14.8 Å². The third-order valence-electron chi connectivity index (χ3n) is 2.51. The molecular formula is C14H21NO3. The summed E-state index contributed by atoms with van der Waals surface area (Å²) >= 11 is 0. The van der Waals surface area contributed by atoms with Crippen molar-refractivity contribution in [1.82, 2.24) is 5.32 Å². The Morgan fingerprint density at radius 3 is 2.39 bits per heavy atom. The van der Waals surface area contributed by atoms with Crippen LogP contribution >= 0.6 is 0 Å². The van der Waals surface area contributed by atoms with Gasteiger partial charge in [0.05, 0.1) is 6.61 Å². The lowest BCUT2D eigenvalue weighted by Gasteiger charge is -2.07. The topological polar surface area (TPSA) is 47.6 Å². The molecule has 100 valence electrons. The van der Waals surface area contributed by atoms with Crippen LogP contribution in [0.4, 0.5) is 4.79 Å². The van der Waals surface area contributed by atoms with E-state index in [1.165, 1.54) is 26.3 Å². The summed E-state index contributed by atoms with van der Waals surface area (Å²) in [6.45, 7) is 2.92. The molecule has 0 aliphatic carbocycles. The van der Waals surface area contributed by atoms with E-state index in [-0.39, 0.29) is 0 Å². The maximum atomic E-state index is 11.0. The summed E-state index contributed by atoms with van der Waals surface area (Å²) in [5.41, 5.74) is 0. The van der Waals surface area contributed by atoms with Gasteiger partial charge in [-0.15, -0.1) is 0 Å². The van der Waals surface area contributed by atoms with Crippen LogP contribution in [0.25, 0.3) is 0 Å². The molecule has 0 spiro atoms. The van der Waals surface area contributed by atoms with Gasteiger partial charge >= 0.3 is 6.09 Å². The summed E-state index contributed by atoms with van der Waals surface area (Å²) in [7, 11) is 1.52. The minimum atomic E-state index is -0.469. The lowest BCUT2D eigenvalue weighted by atomic mass is 10.2. The van der Waals surface area contributed by atoms with Gasteiger partial charge in [0.1, 0.15) is 11.5 Å². The monoisotopic (exact) mass is 251 g/mol. The summed E-state index contributed by atoms with van der Waals surface area (Å²) in [5, 5.41) is 2.39. The second-order valence-corrected chi connectivity index (χ2v) is 4.02. The van der Waals surface area contributed by atoms with Gasteiger partial charge in [0.25, 0.3) is 0 Å². The van der Waals surface area contributed by atoms with Gasteiger partial charge in [0, 0.05) is 7.05 Å². The first kappa shape index (κ1) is 14.4. The standard InChI is InChI=1S/C14H21NO3/c1-3-4-5-6-11-17-12-7-9-13(10-8-12)18-14(16)15-2/h7-10H,3-6,11H2,1-2H3,(H,15,16). The molecule has 0 saturated heterocycles. The van der Waals surface area contributed by atoms with Gasteiger partial charge in [-0.1, -0.05) is 26.2 Å².